The molecule has 168 valence electrons. The van der Waals surface area contributed by atoms with E-state index in [0.717, 1.165) is 0 Å². The van der Waals surface area contributed by atoms with Crippen molar-refractivity contribution in [2.45, 2.75) is 25.5 Å². The third kappa shape index (κ3) is 5.22. The Labute approximate surface area is 188 Å². The van der Waals surface area contributed by atoms with Crippen molar-refractivity contribution in [2.24, 2.45) is 5.92 Å². The van der Waals surface area contributed by atoms with Crippen LogP contribution in [0.15, 0.2) is 46.2 Å². The zero-order valence-corrected chi connectivity index (χ0v) is 18.5. The fourth-order valence-corrected chi connectivity index (χ4v) is 3.84. The van der Waals surface area contributed by atoms with E-state index >= 15 is 0 Å². The second kappa shape index (κ2) is 9.77. The molecule has 1 aliphatic rings. The predicted molar refractivity (Wildman–Crippen MR) is 118 cm³/mol. The van der Waals surface area contributed by atoms with E-state index in [-0.39, 0.29) is 5.75 Å². The lowest BCUT2D eigenvalue weighted by Crippen LogP contribution is -2.35. The van der Waals surface area contributed by atoms with Gasteiger partial charge in [0.05, 0.1) is 12.0 Å². The maximum atomic E-state index is 12.3. The van der Waals surface area contributed by atoms with Crippen LogP contribution in [0.2, 0.25) is 0 Å². The van der Waals surface area contributed by atoms with Gasteiger partial charge in [0.2, 0.25) is 5.91 Å². The van der Waals surface area contributed by atoms with Crippen LogP contribution in [-0.4, -0.2) is 45.7 Å². The molecule has 1 aliphatic heterocycles. The van der Waals surface area contributed by atoms with Crippen molar-refractivity contribution in [3.63, 3.8) is 0 Å². The number of anilines is 1. The Kier molecular flexibility index (Phi) is 6.64. The molecule has 0 atom stereocenters. The molecule has 0 spiro atoms. The fraction of sp³-hybridized carbons (Fsp3) is 0.333. The number of ether oxygens (including phenoxy) is 2. The molecular formula is C21H23N5O5S. The summed E-state index contributed by atoms with van der Waals surface area (Å²) in [5, 5.41) is 13.9. The molecular weight excluding hydrogens is 434 g/mol. The van der Waals surface area contributed by atoms with Crippen molar-refractivity contribution >= 4 is 29.4 Å². The summed E-state index contributed by atoms with van der Waals surface area (Å²) < 4.78 is 18.3. The number of amides is 3. The van der Waals surface area contributed by atoms with Crippen LogP contribution < -0.4 is 20.1 Å². The maximum absolute atomic E-state index is 12.3. The SMILES string of the molecule is CC(C)Cn1c(SCC(=O)NC(=O)Nc2ccc3c(c2)OCCO3)nnc1-c1ccco1. The summed E-state index contributed by atoms with van der Waals surface area (Å²) in [5.74, 6) is 2.26. The van der Waals surface area contributed by atoms with Crippen molar-refractivity contribution in [1.82, 2.24) is 20.1 Å². The lowest BCUT2D eigenvalue weighted by atomic mass is 10.2. The number of carbonyl (C=O) groups is 2. The van der Waals surface area contributed by atoms with Gasteiger partial charge < -0.3 is 19.2 Å². The number of hydrogen-bond acceptors (Lipinski definition) is 8. The third-order valence-electron chi connectivity index (χ3n) is 4.39. The summed E-state index contributed by atoms with van der Waals surface area (Å²) in [6.45, 7) is 5.75. The first-order chi connectivity index (χ1) is 15.5. The summed E-state index contributed by atoms with van der Waals surface area (Å²) in [6.07, 6.45) is 1.57. The number of benzene rings is 1. The number of aromatic nitrogens is 3. The van der Waals surface area contributed by atoms with Crippen LogP contribution in [0, 0.1) is 5.92 Å². The average molecular weight is 458 g/mol. The second-order valence-corrected chi connectivity index (χ2v) is 8.38. The van der Waals surface area contributed by atoms with E-state index in [2.05, 4.69) is 34.7 Å². The van der Waals surface area contributed by atoms with Crippen LogP contribution in [0.4, 0.5) is 10.5 Å². The zero-order chi connectivity index (χ0) is 22.5. The number of hydrogen-bond donors (Lipinski definition) is 2. The number of nitrogens with one attached hydrogen (secondary N) is 2. The highest BCUT2D eigenvalue weighted by Crippen LogP contribution is 2.32. The first-order valence-corrected chi connectivity index (χ1v) is 11.1. The van der Waals surface area contributed by atoms with Crippen LogP contribution in [-0.2, 0) is 11.3 Å². The first-order valence-electron chi connectivity index (χ1n) is 10.1. The predicted octanol–water partition coefficient (Wildman–Crippen LogP) is 3.41. The van der Waals surface area contributed by atoms with Gasteiger partial charge in [0.15, 0.2) is 28.2 Å². The van der Waals surface area contributed by atoms with E-state index in [1.165, 1.54) is 11.8 Å². The van der Waals surface area contributed by atoms with E-state index in [4.69, 9.17) is 13.9 Å². The molecule has 3 aromatic rings. The lowest BCUT2D eigenvalue weighted by Gasteiger charge is -2.19. The normalized spacial score (nSPS) is 12.6. The Morgan fingerprint density at radius 2 is 1.97 bits per heavy atom. The van der Waals surface area contributed by atoms with E-state index < -0.39 is 11.9 Å². The quantitative estimate of drug-likeness (QED) is 0.518. The van der Waals surface area contributed by atoms with Gasteiger partial charge in [-0.05, 0) is 30.2 Å². The largest absolute Gasteiger partial charge is 0.486 e. The molecule has 0 bridgehead atoms. The smallest absolute Gasteiger partial charge is 0.325 e. The van der Waals surface area contributed by atoms with E-state index in [9.17, 15) is 9.59 Å². The topological polar surface area (TPSA) is 121 Å². The van der Waals surface area contributed by atoms with Crippen molar-refractivity contribution in [3.8, 4) is 23.1 Å². The van der Waals surface area contributed by atoms with Crippen LogP contribution in [0.25, 0.3) is 11.6 Å². The van der Waals surface area contributed by atoms with Gasteiger partial charge in [-0.3, -0.25) is 14.7 Å². The minimum atomic E-state index is -0.632. The second-order valence-electron chi connectivity index (χ2n) is 7.44. The van der Waals surface area contributed by atoms with Crippen LogP contribution in [0.3, 0.4) is 0 Å². The number of nitrogens with zero attached hydrogens (tertiary/aromatic N) is 3. The molecule has 0 radical (unpaired) electrons. The highest BCUT2D eigenvalue weighted by Gasteiger charge is 2.19. The van der Waals surface area contributed by atoms with Gasteiger partial charge in [0, 0.05) is 18.3 Å². The molecule has 4 rings (SSSR count). The molecule has 2 N–H and O–H groups in total. The Hall–Kier alpha value is -3.47. The Bertz CT molecular complexity index is 1100. The fourth-order valence-electron chi connectivity index (χ4n) is 3.09. The molecule has 32 heavy (non-hydrogen) atoms. The van der Waals surface area contributed by atoms with Crippen molar-refractivity contribution < 1.29 is 23.5 Å². The van der Waals surface area contributed by atoms with Gasteiger partial charge in [0.25, 0.3) is 0 Å². The zero-order valence-electron chi connectivity index (χ0n) is 17.7. The van der Waals surface area contributed by atoms with Gasteiger partial charge in [0.1, 0.15) is 13.2 Å². The molecule has 0 saturated heterocycles. The number of thioether (sulfide) groups is 1. The summed E-state index contributed by atoms with van der Waals surface area (Å²) >= 11 is 1.20. The molecule has 3 heterocycles. The highest BCUT2D eigenvalue weighted by atomic mass is 32.2. The summed E-state index contributed by atoms with van der Waals surface area (Å²) in [4.78, 5) is 24.5. The Morgan fingerprint density at radius 1 is 1.16 bits per heavy atom. The molecule has 2 aromatic heterocycles. The van der Waals surface area contributed by atoms with E-state index in [1.54, 1.807) is 30.5 Å². The summed E-state index contributed by atoms with van der Waals surface area (Å²) in [7, 11) is 0. The Morgan fingerprint density at radius 3 is 2.72 bits per heavy atom. The molecule has 11 heteroatoms. The van der Waals surface area contributed by atoms with Gasteiger partial charge >= 0.3 is 6.03 Å². The number of fused-ring (bicyclic) bond motifs is 1. The van der Waals surface area contributed by atoms with Crippen LogP contribution in [0.1, 0.15) is 13.8 Å². The number of urea groups is 1. The maximum Gasteiger partial charge on any atom is 0.325 e. The monoisotopic (exact) mass is 457 g/mol. The van der Waals surface area contributed by atoms with E-state index in [1.807, 2.05) is 10.6 Å². The number of imide groups is 1. The Balaban J connectivity index is 1.34. The minimum Gasteiger partial charge on any atom is -0.486 e. The number of furan rings is 1. The first kappa shape index (κ1) is 21.8. The highest BCUT2D eigenvalue weighted by molar-refractivity contribution is 7.99. The molecule has 1 aromatic carbocycles. The van der Waals surface area contributed by atoms with Crippen molar-refractivity contribution in [2.75, 3.05) is 24.3 Å². The van der Waals surface area contributed by atoms with Gasteiger partial charge in [-0.15, -0.1) is 10.2 Å². The number of carbonyl (C=O) groups excluding carboxylic acids is 2. The molecule has 0 aliphatic carbocycles. The molecule has 10 nitrogen and oxygen atoms in total. The molecule has 0 fully saturated rings. The molecule has 0 saturated carbocycles. The summed E-state index contributed by atoms with van der Waals surface area (Å²) in [6, 6.07) is 8.00. The van der Waals surface area contributed by atoms with Crippen molar-refractivity contribution in [3.05, 3.63) is 36.6 Å². The third-order valence-corrected chi connectivity index (χ3v) is 5.36. The van der Waals surface area contributed by atoms with Crippen molar-refractivity contribution in [1.29, 1.82) is 0 Å². The van der Waals surface area contributed by atoms with Crippen LogP contribution >= 0.6 is 11.8 Å². The minimum absolute atomic E-state index is 0.00292. The lowest BCUT2D eigenvalue weighted by molar-refractivity contribution is -0.117. The molecule has 3 amide bonds. The number of rotatable bonds is 7. The van der Waals surface area contributed by atoms with Gasteiger partial charge in [-0.2, -0.15) is 0 Å². The average Bonchev–Trinajstić information content (AvgIpc) is 3.42. The summed E-state index contributed by atoms with van der Waals surface area (Å²) in [5.41, 5.74) is 0.493. The van der Waals surface area contributed by atoms with Gasteiger partial charge in [-0.1, -0.05) is 25.6 Å². The molecule has 0 unspecified atom stereocenters. The standard InChI is InChI=1S/C21H23N5O5S/c1-13(2)11-26-19(16-4-3-7-29-16)24-25-21(26)32-12-18(27)23-20(28)22-14-5-6-15-17(10-14)31-9-8-30-15/h3-7,10,13H,8-9,11-12H2,1-2H3,(H2,22,23,27,28). The van der Waals surface area contributed by atoms with E-state index in [0.29, 0.717) is 59.6 Å². The van der Waals surface area contributed by atoms with Gasteiger partial charge in [-0.25, -0.2) is 4.79 Å². The van der Waals surface area contributed by atoms with Crippen LogP contribution in [0.5, 0.6) is 11.5 Å².